The Morgan fingerprint density at radius 2 is 2.11 bits per heavy atom. The maximum atomic E-state index is 6.02. The molecule has 0 radical (unpaired) electrons. The van der Waals surface area contributed by atoms with Crippen LogP contribution in [0.15, 0.2) is 10.5 Å². The fraction of sp³-hybridized carbons (Fsp3) is 0.417. The Hall–Kier alpha value is -0.980. The van der Waals surface area contributed by atoms with Gasteiger partial charge >= 0.3 is 0 Å². The Bertz CT molecular complexity index is 600. The Balaban J connectivity index is 2.43. The van der Waals surface area contributed by atoms with Gasteiger partial charge in [0.15, 0.2) is 11.6 Å². The maximum absolute atomic E-state index is 6.02. The van der Waals surface area contributed by atoms with Crippen LogP contribution >= 0.6 is 27.5 Å². The van der Waals surface area contributed by atoms with E-state index in [-0.39, 0.29) is 0 Å². The van der Waals surface area contributed by atoms with Gasteiger partial charge in [-0.05, 0) is 36.7 Å². The highest BCUT2D eigenvalue weighted by Crippen LogP contribution is 2.23. The summed E-state index contributed by atoms with van der Waals surface area (Å²) in [5, 5.41) is 4.80. The van der Waals surface area contributed by atoms with Crippen LogP contribution in [0.3, 0.4) is 0 Å². The van der Waals surface area contributed by atoms with E-state index in [4.69, 9.17) is 16.3 Å². The predicted octanol–water partition coefficient (Wildman–Crippen LogP) is 3.23. The minimum atomic E-state index is 0.338. The van der Waals surface area contributed by atoms with Crippen LogP contribution in [-0.2, 0) is 11.3 Å². The Morgan fingerprint density at radius 1 is 1.37 bits per heavy atom. The molecule has 0 amide bonds. The first-order valence-electron chi connectivity index (χ1n) is 5.86. The van der Waals surface area contributed by atoms with Crippen LogP contribution < -0.4 is 0 Å². The minimum Gasteiger partial charge on any atom is -0.374 e. The summed E-state index contributed by atoms with van der Waals surface area (Å²) in [6.07, 6.45) is 0. The third-order valence-electron chi connectivity index (χ3n) is 2.58. The second kappa shape index (κ2) is 5.98. The maximum Gasteiger partial charge on any atom is 0.158 e. The molecule has 2 rings (SSSR count). The number of aromatic nitrogens is 4. The Kier molecular flexibility index (Phi) is 4.54. The zero-order chi connectivity index (χ0) is 14.0. The molecule has 5 nitrogen and oxygen atoms in total. The molecule has 0 fully saturated rings. The molecule has 0 saturated carbocycles. The van der Waals surface area contributed by atoms with Gasteiger partial charge in [-0.2, -0.15) is 5.10 Å². The van der Waals surface area contributed by atoms with E-state index >= 15 is 0 Å². The van der Waals surface area contributed by atoms with Gasteiger partial charge in [-0.1, -0.05) is 11.6 Å². The molecule has 0 aliphatic heterocycles. The van der Waals surface area contributed by atoms with Crippen molar-refractivity contribution in [2.24, 2.45) is 0 Å². The molecule has 0 aliphatic rings. The number of hydrogen-bond donors (Lipinski definition) is 0. The van der Waals surface area contributed by atoms with Crippen LogP contribution in [0.5, 0.6) is 0 Å². The van der Waals surface area contributed by atoms with Crippen molar-refractivity contribution in [2.75, 3.05) is 6.61 Å². The molecule has 2 aromatic rings. The zero-order valence-corrected chi connectivity index (χ0v) is 13.3. The summed E-state index contributed by atoms with van der Waals surface area (Å²) in [5.74, 6) is 1.19. The summed E-state index contributed by atoms with van der Waals surface area (Å²) in [4.78, 5) is 8.55. The van der Waals surface area contributed by atoms with Crippen molar-refractivity contribution in [1.29, 1.82) is 0 Å². The second-order valence-corrected chi connectivity index (χ2v) is 5.18. The molecule has 0 aromatic carbocycles. The molecule has 19 heavy (non-hydrogen) atoms. The van der Waals surface area contributed by atoms with Crippen molar-refractivity contribution in [3.05, 3.63) is 32.9 Å². The highest BCUT2D eigenvalue weighted by molar-refractivity contribution is 9.10. The lowest BCUT2D eigenvalue weighted by Crippen LogP contribution is -2.07. The van der Waals surface area contributed by atoms with E-state index in [1.165, 1.54) is 0 Å². The normalized spacial score (nSPS) is 11.0. The fourth-order valence-corrected chi connectivity index (χ4v) is 2.11. The number of rotatable bonds is 4. The van der Waals surface area contributed by atoms with Gasteiger partial charge in [-0.15, -0.1) is 0 Å². The SMILES string of the molecule is CCOCc1nc(Cl)cc(-n2nc(C)c(Br)c2C)n1. The number of ether oxygens (including phenoxy) is 1. The summed E-state index contributed by atoms with van der Waals surface area (Å²) >= 11 is 9.51. The molecule has 2 heterocycles. The van der Waals surface area contributed by atoms with Crippen LogP contribution in [0.1, 0.15) is 24.1 Å². The molecule has 0 saturated heterocycles. The molecule has 102 valence electrons. The molecule has 0 bridgehead atoms. The van der Waals surface area contributed by atoms with Crippen molar-refractivity contribution in [1.82, 2.24) is 19.7 Å². The molecular formula is C12H14BrClN4O. The van der Waals surface area contributed by atoms with E-state index in [1.54, 1.807) is 10.7 Å². The summed E-state index contributed by atoms with van der Waals surface area (Å²) in [6.45, 7) is 6.75. The Labute approximate surface area is 125 Å². The van der Waals surface area contributed by atoms with Crippen LogP contribution in [0, 0.1) is 13.8 Å². The van der Waals surface area contributed by atoms with Crippen molar-refractivity contribution >= 4 is 27.5 Å². The standard InChI is InChI=1S/C12H14BrClN4O/c1-4-19-6-10-15-9(14)5-11(16-10)18-8(3)12(13)7(2)17-18/h5H,4,6H2,1-3H3. The number of halogens is 2. The average Bonchev–Trinajstić information content (AvgIpc) is 2.63. The van der Waals surface area contributed by atoms with Crippen LogP contribution in [0.2, 0.25) is 5.15 Å². The summed E-state index contributed by atoms with van der Waals surface area (Å²) in [6, 6.07) is 1.68. The molecule has 0 spiro atoms. The predicted molar refractivity (Wildman–Crippen MR) is 76.7 cm³/mol. The van der Waals surface area contributed by atoms with Crippen molar-refractivity contribution in [3.63, 3.8) is 0 Å². The topological polar surface area (TPSA) is 52.8 Å². The molecule has 0 unspecified atom stereocenters. The van der Waals surface area contributed by atoms with Gasteiger partial charge in [0.2, 0.25) is 0 Å². The number of aryl methyl sites for hydroxylation is 1. The lowest BCUT2D eigenvalue weighted by molar-refractivity contribution is 0.128. The molecule has 0 N–H and O–H groups in total. The average molecular weight is 346 g/mol. The molecule has 7 heteroatoms. The van der Waals surface area contributed by atoms with Gasteiger partial charge in [0, 0.05) is 12.7 Å². The summed E-state index contributed by atoms with van der Waals surface area (Å²) < 4.78 is 8.01. The highest BCUT2D eigenvalue weighted by Gasteiger charge is 2.13. The quantitative estimate of drug-likeness (QED) is 0.798. The number of nitrogens with zero attached hydrogens (tertiary/aromatic N) is 4. The Morgan fingerprint density at radius 3 is 2.68 bits per heavy atom. The van der Waals surface area contributed by atoms with E-state index in [0.29, 0.717) is 30.0 Å². The smallest absolute Gasteiger partial charge is 0.158 e. The van der Waals surface area contributed by atoms with Crippen molar-refractivity contribution in [2.45, 2.75) is 27.4 Å². The van der Waals surface area contributed by atoms with E-state index in [1.807, 2.05) is 20.8 Å². The summed E-state index contributed by atoms with van der Waals surface area (Å²) in [5.41, 5.74) is 1.87. The zero-order valence-electron chi connectivity index (χ0n) is 10.9. The van der Waals surface area contributed by atoms with E-state index in [2.05, 4.69) is 31.0 Å². The minimum absolute atomic E-state index is 0.338. The van der Waals surface area contributed by atoms with Gasteiger partial charge in [0.1, 0.15) is 11.8 Å². The lowest BCUT2D eigenvalue weighted by atomic mass is 10.4. The highest BCUT2D eigenvalue weighted by atomic mass is 79.9. The molecule has 0 aliphatic carbocycles. The van der Waals surface area contributed by atoms with Gasteiger partial charge in [-0.3, -0.25) is 0 Å². The van der Waals surface area contributed by atoms with E-state index < -0.39 is 0 Å². The first-order chi connectivity index (χ1) is 9.02. The van der Waals surface area contributed by atoms with Gasteiger partial charge in [0.25, 0.3) is 0 Å². The lowest BCUT2D eigenvalue weighted by Gasteiger charge is -2.07. The third-order valence-corrected chi connectivity index (χ3v) is 3.92. The van der Waals surface area contributed by atoms with Crippen LogP contribution in [0.25, 0.3) is 5.82 Å². The second-order valence-electron chi connectivity index (χ2n) is 4.00. The van der Waals surface area contributed by atoms with Gasteiger partial charge in [0.05, 0.1) is 15.9 Å². The number of hydrogen-bond acceptors (Lipinski definition) is 4. The molecule has 0 atom stereocenters. The van der Waals surface area contributed by atoms with E-state index in [9.17, 15) is 0 Å². The monoisotopic (exact) mass is 344 g/mol. The first kappa shape index (κ1) is 14.4. The van der Waals surface area contributed by atoms with Crippen molar-refractivity contribution in [3.8, 4) is 5.82 Å². The fourth-order valence-electron chi connectivity index (χ4n) is 1.66. The van der Waals surface area contributed by atoms with Crippen LogP contribution in [-0.4, -0.2) is 26.4 Å². The third kappa shape index (κ3) is 3.13. The molecular weight excluding hydrogens is 332 g/mol. The van der Waals surface area contributed by atoms with Crippen LogP contribution in [0.4, 0.5) is 0 Å². The van der Waals surface area contributed by atoms with Crippen molar-refractivity contribution < 1.29 is 4.74 Å². The summed E-state index contributed by atoms with van der Waals surface area (Å²) in [7, 11) is 0. The van der Waals surface area contributed by atoms with Gasteiger partial charge in [-0.25, -0.2) is 14.6 Å². The first-order valence-corrected chi connectivity index (χ1v) is 7.03. The largest absolute Gasteiger partial charge is 0.374 e. The van der Waals surface area contributed by atoms with Gasteiger partial charge < -0.3 is 4.74 Å². The van der Waals surface area contributed by atoms with E-state index in [0.717, 1.165) is 15.9 Å². The molecule has 2 aromatic heterocycles.